The first-order valence-electron chi connectivity index (χ1n) is 11.1. The van der Waals surface area contributed by atoms with Crippen LogP contribution < -0.4 is 9.47 Å². The molecule has 33 heavy (non-hydrogen) atoms. The Bertz CT molecular complexity index is 1090. The summed E-state index contributed by atoms with van der Waals surface area (Å²) in [6.07, 6.45) is 0. The highest BCUT2D eigenvalue weighted by Gasteiger charge is 2.27. The fourth-order valence-electron chi connectivity index (χ4n) is 4.12. The maximum Gasteiger partial charge on any atom is 0.123 e. The van der Waals surface area contributed by atoms with Crippen molar-refractivity contribution in [3.05, 3.63) is 130 Å². The highest BCUT2D eigenvalue weighted by atomic mass is 32.2. The molecule has 0 radical (unpaired) electrons. The zero-order valence-corrected chi connectivity index (χ0v) is 20.4. The second-order valence-corrected chi connectivity index (χ2v) is 9.42. The molecule has 168 valence electrons. The van der Waals surface area contributed by atoms with Crippen molar-refractivity contribution in [3.63, 3.8) is 0 Å². The van der Waals surface area contributed by atoms with Gasteiger partial charge in [-0.05, 0) is 48.2 Å². The molecule has 0 fully saturated rings. The fraction of sp³-hybridized carbons (Fsp3) is 0.200. The summed E-state index contributed by atoms with van der Waals surface area (Å²) < 4.78 is 11.7. The molecule has 0 saturated heterocycles. The summed E-state index contributed by atoms with van der Waals surface area (Å²) >= 11 is 1.91. The molecule has 0 aromatic heterocycles. The Hall–Kier alpha value is -3.17. The summed E-state index contributed by atoms with van der Waals surface area (Å²) in [6, 6.07) is 34.3. The van der Waals surface area contributed by atoms with Crippen molar-refractivity contribution in [3.8, 4) is 11.5 Å². The van der Waals surface area contributed by atoms with Crippen LogP contribution in [0.2, 0.25) is 0 Å². The first-order chi connectivity index (χ1) is 16.1. The number of benzene rings is 4. The van der Waals surface area contributed by atoms with E-state index >= 15 is 0 Å². The van der Waals surface area contributed by atoms with Gasteiger partial charge in [-0.2, -0.15) is 0 Å². The van der Waals surface area contributed by atoms with Crippen molar-refractivity contribution in [2.45, 2.75) is 24.3 Å². The minimum Gasteiger partial charge on any atom is -0.496 e. The van der Waals surface area contributed by atoms with Gasteiger partial charge in [0.15, 0.2) is 0 Å². The van der Waals surface area contributed by atoms with Crippen LogP contribution in [0.25, 0.3) is 0 Å². The van der Waals surface area contributed by atoms with Gasteiger partial charge in [-0.25, -0.2) is 0 Å². The van der Waals surface area contributed by atoms with Crippen molar-refractivity contribution in [1.82, 2.24) is 0 Å². The maximum atomic E-state index is 5.84. The van der Waals surface area contributed by atoms with Crippen LogP contribution in [0.4, 0.5) is 0 Å². The molecule has 4 aromatic rings. The molecule has 0 aliphatic rings. The standard InChI is InChI=1S/C30H30O2S/c1-21-15-17-25(27(19-21)31-3)29(23-11-7-5-8-12-23)33-30(24-13-9-6-10-14-24)26-18-16-22(2)20-28(26)32-4/h5-20,29-30H,1-4H3. The van der Waals surface area contributed by atoms with E-state index in [4.69, 9.17) is 9.47 Å². The van der Waals surface area contributed by atoms with Crippen molar-refractivity contribution in [2.24, 2.45) is 0 Å². The summed E-state index contributed by atoms with van der Waals surface area (Å²) in [5.41, 5.74) is 7.21. The van der Waals surface area contributed by atoms with Gasteiger partial charge in [0, 0.05) is 11.1 Å². The predicted octanol–water partition coefficient (Wildman–Crippen LogP) is 7.93. The van der Waals surface area contributed by atoms with Gasteiger partial charge in [-0.3, -0.25) is 0 Å². The van der Waals surface area contributed by atoms with Gasteiger partial charge >= 0.3 is 0 Å². The molecular formula is C30H30O2S. The van der Waals surface area contributed by atoms with E-state index < -0.39 is 0 Å². The topological polar surface area (TPSA) is 18.5 Å². The lowest BCUT2D eigenvalue weighted by molar-refractivity contribution is 0.409. The van der Waals surface area contributed by atoms with Crippen molar-refractivity contribution >= 4 is 11.8 Å². The van der Waals surface area contributed by atoms with Gasteiger partial charge in [0.05, 0.1) is 24.7 Å². The Morgan fingerprint density at radius 3 is 1.30 bits per heavy atom. The molecule has 0 spiro atoms. The zero-order valence-electron chi connectivity index (χ0n) is 19.6. The monoisotopic (exact) mass is 454 g/mol. The molecule has 2 nitrogen and oxygen atoms in total. The van der Waals surface area contributed by atoms with Crippen LogP contribution in [0.5, 0.6) is 11.5 Å². The molecule has 0 bridgehead atoms. The lowest BCUT2D eigenvalue weighted by Crippen LogP contribution is -2.07. The van der Waals surface area contributed by atoms with E-state index in [0.717, 1.165) is 11.5 Å². The highest BCUT2D eigenvalue weighted by molar-refractivity contribution is 8.00. The summed E-state index contributed by atoms with van der Waals surface area (Å²) in [6.45, 7) is 4.20. The summed E-state index contributed by atoms with van der Waals surface area (Å²) in [5, 5.41) is 0.163. The van der Waals surface area contributed by atoms with E-state index in [-0.39, 0.29) is 10.5 Å². The van der Waals surface area contributed by atoms with E-state index in [1.807, 2.05) is 11.8 Å². The van der Waals surface area contributed by atoms with E-state index in [0.29, 0.717) is 0 Å². The molecule has 0 saturated carbocycles. The summed E-state index contributed by atoms with van der Waals surface area (Å²) in [5.74, 6) is 1.83. The Labute approximate surface area is 201 Å². The number of rotatable bonds is 8. The summed E-state index contributed by atoms with van der Waals surface area (Å²) in [4.78, 5) is 0. The molecule has 4 rings (SSSR count). The SMILES string of the molecule is COc1cc(C)ccc1C(SC(c1ccccc1)c1ccc(C)cc1OC)c1ccccc1. The van der Waals surface area contributed by atoms with E-state index in [2.05, 4.69) is 111 Å². The molecule has 3 heteroatoms. The van der Waals surface area contributed by atoms with Crippen LogP contribution in [0, 0.1) is 13.8 Å². The minimum absolute atomic E-state index is 0.0814. The largest absolute Gasteiger partial charge is 0.496 e. The molecule has 0 amide bonds. The number of aryl methyl sites for hydroxylation is 2. The number of ether oxygens (including phenoxy) is 2. The van der Waals surface area contributed by atoms with Gasteiger partial charge < -0.3 is 9.47 Å². The molecule has 0 N–H and O–H groups in total. The quantitative estimate of drug-likeness (QED) is 0.269. The van der Waals surface area contributed by atoms with Crippen molar-refractivity contribution in [1.29, 1.82) is 0 Å². The minimum atomic E-state index is 0.0814. The Morgan fingerprint density at radius 2 is 0.939 bits per heavy atom. The number of thioether (sulfide) groups is 1. The Kier molecular flexibility index (Phi) is 7.41. The van der Waals surface area contributed by atoms with Crippen molar-refractivity contribution < 1.29 is 9.47 Å². The third-order valence-electron chi connectivity index (χ3n) is 5.82. The van der Waals surface area contributed by atoms with E-state index in [1.54, 1.807) is 14.2 Å². The lowest BCUT2D eigenvalue weighted by atomic mass is 10.0. The van der Waals surface area contributed by atoms with Gasteiger partial charge in [0.2, 0.25) is 0 Å². The van der Waals surface area contributed by atoms with Crippen LogP contribution in [0.3, 0.4) is 0 Å². The van der Waals surface area contributed by atoms with Crippen LogP contribution >= 0.6 is 11.8 Å². The first kappa shape index (κ1) is 23.0. The van der Waals surface area contributed by atoms with Crippen LogP contribution in [-0.4, -0.2) is 14.2 Å². The highest BCUT2D eigenvalue weighted by Crippen LogP contribution is 2.51. The molecular weight excluding hydrogens is 424 g/mol. The molecule has 2 unspecified atom stereocenters. The predicted molar refractivity (Wildman–Crippen MR) is 140 cm³/mol. The van der Waals surface area contributed by atoms with Crippen LogP contribution in [-0.2, 0) is 0 Å². The smallest absolute Gasteiger partial charge is 0.123 e. The van der Waals surface area contributed by atoms with Gasteiger partial charge in [-0.15, -0.1) is 11.8 Å². The van der Waals surface area contributed by atoms with Crippen LogP contribution in [0.1, 0.15) is 43.9 Å². The van der Waals surface area contributed by atoms with Gasteiger partial charge in [0.25, 0.3) is 0 Å². The number of methoxy groups -OCH3 is 2. The van der Waals surface area contributed by atoms with E-state index in [9.17, 15) is 0 Å². The average molecular weight is 455 g/mol. The third-order valence-corrected chi connectivity index (χ3v) is 7.42. The number of hydrogen-bond donors (Lipinski definition) is 0. The van der Waals surface area contributed by atoms with E-state index in [1.165, 1.54) is 33.4 Å². The molecule has 0 aliphatic carbocycles. The molecule has 2 atom stereocenters. The van der Waals surface area contributed by atoms with Gasteiger partial charge in [0.1, 0.15) is 11.5 Å². The van der Waals surface area contributed by atoms with Crippen molar-refractivity contribution in [2.75, 3.05) is 14.2 Å². The second kappa shape index (κ2) is 10.6. The maximum absolute atomic E-state index is 5.84. The normalized spacial score (nSPS) is 12.7. The average Bonchev–Trinajstić information content (AvgIpc) is 2.86. The Morgan fingerprint density at radius 1 is 0.545 bits per heavy atom. The number of hydrogen-bond acceptors (Lipinski definition) is 3. The molecule has 4 aromatic carbocycles. The first-order valence-corrected chi connectivity index (χ1v) is 12.1. The third kappa shape index (κ3) is 5.26. The van der Waals surface area contributed by atoms with Crippen LogP contribution in [0.15, 0.2) is 97.1 Å². The second-order valence-electron chi connectivity index (χ2n) is 8.21. The molecule has 0 heterocycles. The Balaban J connectivity index is 1.87. The molecule has 0 aliphatic heterocycles. The van der Waals surface area contributed by atoms with Gasteiger partial charge in [-0.1, -0.05) is 84.9 Å². The lowest BCUT2D eigenvalue weighted by Gasteiger charge is -2.27. The fourth-order valence-corrected chi connectivity index (χ4v) is 5.71. The zero-order chi connectivity index (χ0) is 23.2. The summed E-state index contributed by atoms with van der Waals surface area (Å²) in [7, 11) is 3.51.